The number of carbonyl (C=O) groups is 2. The summed E-state index contributed by atoms with van der Waals surface area (Å²) in [5.41, 5.74) is 0.654. The van der Waals surface area contributed by atoms with Crippen molar-refractivity contribution in [3.05, 3.63) is 101 Å². The van der Waals surface area contributed by atoms with Crippen LogP contribution in [-0.4, -0.2) is 23.9 Å². The molecule has 0 bridgehead atoms. The first kappa shape index (κ1) is 20.3. The van der Waals surface area contributed by atoms with E-state index in [1.54, 1.807) is 24.3 Å². The summed E-state index contributed by atoms with van der Waals surface area (Å²) in [6, 6.07) is 15.7. The molecule has 1 N–H and O–H groups in total. The molecule has 5 nitrogen and oxygen atoms in total. The number of aliphatic hydroxyl groups excluding tert-OH is 1. The lowest BCUT2D eigenvalue weighted by atomic mass is 9.95. The summed E-state index contributed by atoms with van der Waals surface area (Å²) in [4.78, 5) is 27.0. The van der Waals surface area contributed by atoms with Crippen molar-refractivity contribution in [2.45, 2.75) is 6.04 Å². The quantitative estimate of drug-likeness (QED) is 0.380. The lowest BCUT2D eigenvalue weighted by Crippen LogP contribution is -2.29. The van der Waals surface area contributed by atoms with Crippen LogP contribution >= 0.6 is 0 Å². The van der Waals surface area contributed by atoms with E-state index in [4.69, 9.17) is 4.74 Å². The van der Waals surface area contributed by atoms with Crippen molar-refractivity contribution in [2.75, 3.05) is 12.0 Å². The topological polar surface area (TPSA) is 66.8 Å². The third-order valence-electron chi connectivity index (χ3n) is 5.08. The zero-order valence-corrected chi connectivity index (χ0v) is 16.4. The van der Waals surface area contributed by atoms with Gasteiger partial charge in [0.1, 0.15) is 23.1 Å². The molecule has 0 aliphatic carbocycles. The molecule has 1 heterocycles. The minimum absolute atomic E-state index is 0.144. The summed E-state index contributed by atoms with van der Waals surface area (Å²) in [5.74, 6) is -2.78. The van der Waals surface area contributed by atoms with Gasteiger partial charge in [0.15, 0.2) is 0 Å². The van der Waals surface area contributed by atoms with Crippen LogP contribution in [0.3, 0.4) is 0 Å². The number of hydrogen-bond donors (Lipinski definition) is 1. The van der Waals surface area contributed by atoms with E-state index in [0.717, 1.165) is 11.0 Å². The fraction of sp³-hybridized carbons (Fsp3) is 0.0833. The van der Waals surface area contributed by atoms with E-state index in [9.17, 15) is 23.5 Å². The van der Waals surface area contributed by atoms with Gasteiger partial charge in [0.25, 0.3) is 11.7 Å². The van der Waals surface area contributed by atoms with Crippen LogP contribution < -0.4 is 9.64 Å². The molecule has 156 valence electrons. The molecule has 0 saturated carbocycles. The molecular formula is C24H17F2NO4. The Hall–Kier alpha value is -4.00. The molecule has 1 fully saturated rings. The number of ketones is 1. The van der Waals surface area contributed by atoms with Gasteiger partial charge in [0, 0.05) is 11.3 Å². The Kier molecular flexibility index (Phi) is 5.25. The fourth-order valence-corrected chi connectivity index (χ4v) is 3.59. The second kappa shape index (κ2) is 8.02. The van der Waals surface area contributed by atoms with E-state index in [2.05, 4.69) is 0 Å². The lowest BCUT2D eigenvalue weighted by Gasteiger charge is -2.25. The Bertz CT molecular complexity index is 1190. The average Bonchev–Trinajstić information content (AvgIpc) is 3.04. The molecule has 1 atom stereocenters. The molecule has 7 heteroatoms. The SMILES string of the molecule is COc1ccc(/C(O)=C2\C(=O)C(=O)N(c3cccc(F)c3)C2c2ccc(F)cc2)cc1. The van der Waals surface area contributed by atoms with Crippen molar-refractivity contribution in [1.82, 2.24) is 0 Å². The van der Waals surface area contributed by atoms with Crippen LogP contribution in [-0.2, 0) is 9.59 Å². The normalized spacial score (nSPS) is 17.8. The van der Waals surface area contributed by atoms with Gasteiger partial charge in [-0.05, 0) is 60.2 Å². The highest BCUT2D eigenvalue weighted by molar-refractivity contribution is 6.51. The number of Topliss-reactive ketones (excluding diaryl/α,β-unsaturated/α-hetero) is 1. The van der Waals surface area contributed by atoms with Gasteiger partial charge >= 0.3 is 0 Å². The third kappa shape index (κ3) is 3.66. The Morgan fingerprint density at radius 3 is 2.23 bits per heavy atom. The maximum absolute atomic E-state index is 13.9. The van der Waals surface area contributed by atoms with Gasteiger partial charge in [-0.3, -0.25) is 14.5 Å². The van der Waals surface area contributed by atoms with Crippen LogP contribution in [0.1, 0.15) is 17.2 Å². The maximum atomic E-state index is 13.9. The van der Waals surface area contributed by atoms with Gasteiger partial charge < -0.3 is 9.84 Å². The molecule has 1 aliphatic heterocycles. The summed E-state index contributed by atoms with van der Waals surface area (Å²) >= 11 is 0. The van der Waals surface area contributed by atoms with E-state index in [-0.39, 0.29) is 11.3 Å². The number of anilines is 1. The second-order valence-electron chi connectivity index (χ2n) is 6.93. The standard InChI is InChI=1S/C24H17F2NO4/c1-31-19-11-7-15(8-12-19)22(28)20-21(14-5-9-16(25)10-6-14)27(24(30)23(20)29)18-4-2-3-17(26)13-18/h2-13,21,28H,1H3/b22-20+. The number of rotatable bonds is 4. The summed E-state index contributed by atoms with van der Waals surface area (Å²) in [6.45, 7) is 0. The van der Waals surface area contributed by atoms with Crippen molar-refractivity contribution >= 4 is 23.1 Å². The number of ether oxygens (including phenoxy) is 1. The molecule has 3 aromatic rings. The number of amides is 1. The van der Waals surface area contributed by atoms with Crippen LogP contribution in [0.15, 0.2) is 78.4 Å². The van der Waals surface area contributed by atoms with Gasteiger partial charge in [0.05, 0.1) is 18.7 Å². The molecule has 4 rings (SSSR count). The van der Waals surface area contributed by atoms with Crippen LogP contribution in [0.4, 0.5) is 14.5 Å². The smallest absolute Gasteiger partial charge is 0.300 e. The molecule has 31 heavy (non-hydrogen) atoms. The molecule has 0 radical (unpaired) electrons. The maximum Gasteiger partial charge on any atom is 0.300 e. The number of benzene rings is 3. The summed E-state index contributed by atoms with van der Waals surface area (Å²) in [5, 5.41) is 11.0. The molecular weight excluding hydrogens is 404 g/mol. The summed E-state index contributed by atoms with van der Waals surface area (Å²) in [6.07, 6.45) is 0. The molecule has 1 unspecified atom stereocenters. The van der Waals surface area contributed by atoms with Crippen molar-refractivity contribution < 1.29 is 28.2 Å². The van der Waals surface area contributed by atoms with Crippen molar-refractivity contribution in [3.8, 4) is 5.75 Å². The molecule has 0 spiro atoms. The lowest BCUT2D eigenvalue weighted by molar-refractivity contribution is -0.132. The number of carbonyl (C=O) groups excluding carboxylic acids is 2. The first-order valence-corrected chi connectivity index (χ1v) is 9.37. The van der Waals surface area contributed by atoms with Gasteiger partial charge in [0.2, 0.25) is 0 Å². The highest BCUT2D eigenvalue weighted by Crippen LogP contribution is 2.42. The Labute approximate surface area is 176 Å². The van der Waals surface area contributed by atoms with Crippen molar-refractivity contribution in [1.29, 1.82) is 0 Å². The Morgan fingerprint density at radius 2 is 1.61 bits per heavy atom. The van der Waals surface area contributed by atoms with Gasteiger partial charge in [-0.1, -0.05) is 18.2 Å². The van der Waals surface area contributed by atoms with Gasteiger partial charge in [-0.25, -0.2) is 8.78 Å². The minimum atomic E-state index is -1.07. The molecule has 1 saturated heterocycles. The van der Waals surface area contributed by atoms with E-state index in [0.29, 0.717) is 16.9 Å². The van der Waals surface area contributed by atoms with E-state index >= 15 is 0 Å². The molecule has 1 aliphatic rings. The largest absolute Gasteiger partial charge is 0.507 e. The Balaban J connectivity index is 1.92. The highest BCUT2D eigenvalue weighted by atomic mass is 19.1. The number of aliphatic hydroxyl groups is 1. The fourth-order valence-electron chi connectivity index (χ4n) is 3.59. The predicted molar refractivity (Wildman–Crippen MR) is 111 cm³/mol. The summed E-state index contributed by atoms with van der Waals surface area (Å²) in [7, 11) is 1.49. The average molecular weight is 421 g/mol. The third-order valence-corrected chi connectivity index (χ3v) is 5.08. The first-order valence-electron chi connectivity index (χ1n) is 9.37. The van der Waals surface area contributed by atoms with Crippen molar-refractivity contribution in [2.24, 2.45) is 0 Å². The number of hydrogen-bond acceptors (Lipinski definition) is 4. The Morgan fingerprint density at radius 1 is 0.935 bits per heavy atom. The first-order chi connectivity index (χ1) is 14.9. The molecule has 3 aromatic carbocycles. The van der Waals surface area contributed by atoms with Crippen molar-refractivity contribution in [3.63, 3.8) is 0 Å². The predicted octanol–water partition coefficient (Wildman–Crippen LogP) is 4.60. The van der Waals surface area contributed by atoms with Crippen LogP contribution in [0.25, 0.3) is 5.76 Å². The zero-order chi connectivity index (χ0) is 22.1. The summed E-state index contributed by atoms with van der Waals surface area (Å²) < 4.78 is 32.5. The van der Waals surface area contributed by atoms with Crippen LogP contribution in [0.2, 0.25) is 0 Å². The zero-order valence-electron chi connectivity index (χ0n) is 16.4. The highest BCUT2D eigenvalue weighted by Gasteiger charge is 2.47. The van der Waals surface area contributed by atoms with Crippen LogP contribution in [0, 0.1) is 11.6 Å². The number of nitrogens with zero attached hydrogens (tertiary/aromatic N) is 1. The van der Waals surface area contributed by atoms with Gasteiger partial charge in [-0.2, -0.15) is 0 Å². The second-order valence-corrected chi connectivity index (χ2v) is 6.93. The van der Waals surface area contributed by atoms with E-state index in [1.807, 2.05) is 0 Å². The van der Waals surface area contributed by atoms with E-state index < -0.39 is 35.1 Å². The molecule has 1 amide bonds. The number of methoxy groups -OCH3 is 1. The number of halogens is 2. The van der Waals surface area contributed by atoms with Crippen LogP contribution in [0.5, 0.6) is 5.75 Å². The minimum Gasteiger partial charge on any atom is -0.507 e. The molecule has 0 aromatic heterocycles. The van der Waals surface area contributed by atoms with Gasteiger partial charge in [-0.15, -0.1) is 0 Å². The monoisotopic (exact) mass is 421 g/mol. The van der Waals surface area contributed by atoms with E-state index in [1.165, 1.54) is 49.6 Å².